The Morgan fingerprint density at radius 2 is 2.00 bits per heavy atom. The van der Waals surface area contributed by atoms with Crippen LogP contribution in [0, 0.1) is 5.92 Å². The van der Waals surface area contributed by atoms with Gasteiger partial charge in [0, 0.05) is 42.7 Å². The van der Waals surface area contributed by atoms with E-state index >= 15 is 0 Å². The third kappa shape index (κ3) is 2.43. The van der Waals surface area contributed by atoms with Gasteiger partial charge in [0.1, 0.15) is 24.1 Å². The quantitative estimate of drug-likeness (QED) is 0.681. The van der Waals surface area contributed by atoms with Gasteiger partial charge in [0.25, 0.3) is 0 Å². The molecule has 5 rings (SSSR count). The molecule has 3 aliphatic heterocycles. The maximum Gasteiger partial charge on any atom is 0.207 e. The van der Waals surface area contributed by atoms with Gasteiger partial charge in [-0.1, -0.05) is 13.8 Å². The molecule has 0 radical (unpaired) electrons. The van der Waals surface area contributed by atoms with Gasteiger partial charge >= 0.3 is 0 Å². The molecule has 4 nitrogen and oxygen atoms in total. The molecule has 0 bridgehead atoms. The molecule has 2 aromatic rings. The molecule has 134 valence electrons. The summed E-state index contributed by atoms with van der Waals surface area (Å²) in [5, 5.41) is 2.31. The highest BCUT2D eigenvalue weighted by atomic mass is 16.5. The molecule has 0 N–H and O–H groups in total. The van der Waals surface area contributed by atoms with E-state index in [-0.39, 0.29) is 0 Å². The SMILES string of the molecule is CCN1CCc2cc3c(cc21)Oc1cc2c(cc1=N3)CC[N+]=2CC(C)C. The molecule has 0 atom stereocenters. The van der Waals surface area contributed by atoms with Crippen molar-refractivity contribution in [2.24, 2.45) is 10.9 Å². The summed E-state index contributed by atoms with van der Waals surface area (Å²) in [6.07, 6.45) is 2.21. The topological polar surface area (TPSA) is 27.8 Å². The molecule has 0 aromatic heterocycles. The zero-order chi connectivity index (χ0) is 17.8. The first-order valence-electron chi connectivity index (χ1n) is 9.85. The molecule has 0 saturated carbocycles. The van der Waals surface area contributed by atoms with Crippen molar-refractivity contribution >= 4 is 11.4 Å². The molecule has 0 spiro atoms. The van der Waals surface area contributed by atoms with Crippen molar-refractivity contribution in [3.8, 4) is 11.5 Å². The van der Waals surface area contributed by atoms with Gasteiger partial charge in [-0.15, -0.1) is 0 Å². The maximum absolute atomic E-state index is 6.33. The predicted molar refractivity (Wildman–Crippen MR) is 105 cm³/mol. The van der Waals surface area contributed by atoms with Crippen molar-refractivity contribution in [3.05, 3.63) is 46.1 Å². The van der Waals surface area contributed by atoms with Gasteiger partial charge in [0.2, 0.25) is 5.36 Å². The van der Waals surface area contributed by atoms with Crippen LogP contribution in [-0.2, 0) is 12.8 Å². The van der Waals surface area contributed by atoms with E-state index in [1.165, 1.54) is 22.2 Å². The number of hydrogen-bond donors (Lipinski definition) is 0. The van der Waals surface area contributed by atoms with Gasteiger partial charge < -0.3 is 9.64 Å². The number of benzene rings is 2. The van der Waals surface area contributed by atoms with Gasteiger partial charge in [-0.25, -0.2) is 9.57 Å². The maximum atomic E-state index is 6.33. The lowest BCUT2D eigenvalue weighted by atomic mass is 10.1. The first kappa shape index (κ1) is 15.9. The van der Waals surface area contributed by atoms with Crippen LogP contribution in [0.5, 0.6) is 11.5 Å². The summed E-state index contributed by atoms with van der Waals surface area (Å²) in [5.41, 5.74) is 5.09. The van der Waals surface area contributed by atoms with Crippen LogP contribution < -0.4 is 24.9 Å². The number of ether oxygens (including phenoxy) is 1. The van der Waals surface area contributed by atoms with Crippen molar-refractivity contribution in [1.82, 2.24) is 4.58 Å². The number of hydrogen-bond acceptors (Lipinski definition) is 3. The molecule has 0 unspecified atom stereocenters. The summed E-state index contributed by atoms with van der Waals surface area (Å²) in [7, 11) is 0. The molecular formula is C22H26N3O+. The van der Waals surface area contributed by atoms with Gasteiger partial charge in [0.05, 0.1) is 6.07 Å². The van der Waals surface area contributed by atoms with Crippen molar-refractivity contribution in [3.63, 3.8) is 0 Å². The number of nitrogens with zero attached hydrogens (tertiary/aromatic N) is 3. The van der Waals surface area contributed by atoms with Crippen LogP contribution in [0.4, 0.5) is 11.4 Å². The second-order valence-electron chi connectivity index (χ2n) is 8.03. The summed E-state index contributed by atoms with van der Waals surface area (Å²) in [6, 6.07) is 8.85. The zero-order valence-electron chi connectivity index (χ0n) is 15.9. The van der Waals surface area contributed by atoms with Gasteiger partial charge in [-0.05, 0) is 31.0 Å². The van der Waals surface area contributed by atoms with Crippen LogP contribution in [0.2, 0.25) is 0 Å². The fraction of sp³-hybridized carbons (Fsp3) is 0.455. The first-order valence-corrected chi connectivity index (χ1v) is 9.85. The molecule has 3 aliphatic rings. The molecule has 0 saturated heterocycles. The molecule has 0 aliphatic carbocycles. The van der Waals surface area contributed by atoms with E-state index in [1.807, 2.05) is 0 Å². The third-order valence-electron chi connectivity index (χ3n) is 5.73. The number of anilines is 1. The van der Waals surface area contributed by atoms with Crippen molar-refractivity contribution in [2.75, 3.05) is 31.1 Å². The Labute approximate surface area is 154 Å². The Morgan fingerprint density at radius 3 is 2.81 bits per heavy atom. The minimum absolute atomic E-state index is 0.658. The summed E-state index contributed by atoms with van der Waals surface area (Å²) < 4.78 is 8.81. The molecule has 2 aromatic carbocycles. The van der Waals surface area contributed by atoms with Crippen molar-refractivity contribution in [1.29, 1.82) is 0 Å². The van der Waals surface area contributed by atoms with Crippen LogP contribution in [0.25, 0.3) is 0 Å². The smallest absolute Gasteiger partial charge is 0.207 e. The molecule has 0 amide bonds. The predicted octanol–water partition coefficient (Wildman–Crippen LogP) is 2.83. The third-order valence-corrected chi connectivity index (χ3v) is 5.73. The van der Waals surface area contributed by atoms with Crippen molar-refractivity contribution < 1.29 is 4.74 Å². The van der Waals surface area contributed by atoms with Crippen LogP contribution >= 0.6 is 0 Å². The highest BCUT2D eigenvalue weighted by molar-refractivity contribution is 5.70. The lowest BCUT2D eigenvalue weighted by Crippen LogP contribution is -2.30. The van der Waals surface area contributed by atoms with E-state index < -0.39 is 0 Å². The van der Waals surface area contributed by atoms with E-state index in [2.05, 4.69) is 54.5 Å². The van der Waals surface area contributed by atoms with Gasteiger partial charge in [-0.2, -0.15) is 0 Å². The molecule has 26 heavy (non-hydrogen) atoms. The Morgan fingerprint density at radius 1 is 1.12 bits per heavy atom. The van der Waals surface area contributed by atoms with Gasteiger partial charge in [-0.3, -0.25) is 0 Å². The van der Waals surface area contributed by atoms with Gasteiger partial charge in [0.15, 0.2) is 11.5 Å². The molecular weight excluding hydrogens is 322 g/mol. The lowest BCUT2D eigenvalue weighted by Gasteiger charge is -2.20. The van der Waals surface area contributed by atoms with E-state index in [4.69, 9.17) is 9.73 Å². The molecule has 0 fully saturated rings. The zero-order valence-corrected chi connectivity index (χ0v) is 15.9. The standard InChI is InChI=1S/C22H26N3O/c1-4-24-7-5-15-9-17-21(11-19(15)24)26-22-12-20-16(10-18(22)23-17)6-8-25(20)13-14(2)3/h9-12,14H,4-8,13H2,1-3H3/q+1. The first-order chi connectivity index (χ1) is 12.6. The van der Waals surface area contributed by atoms with Crippen LogP contribution in [0.1, 0.15) is 31.9 Å². The highest BCUT2D eigenvalue weighted by Gasteiger charge is 2.26. The average molecular weight is 348 g/mol. The van der Waals surface area contributed by atoms with Crippen LogP contribution in [0.15, 0.2) is 29.3 Å². The van der Waals surface area contributed by atoms with Crippen molar-refractivity contribution in [2.45, 2.75) is 33.6 Å². The largest absolute Gasteiger partial charge is 0.452 e. The summed E-state index contributed by atoms with van der Waals surface area (Å²) in [6.45, 7) is 11.1. The van der Waals surface area contributed by atoms with Crippen LogP contribution in [-0.4, -0.2) is 26.2 Å². The normalized spacial score (nSPS) is 16.8. The minimum Gasteiger partial charge on any atom is -0.452 e. The summed E-state index contributed by atoms with van der Waals surface area (Å²) in [4.78, 5) is 7.36. The summed E-state index contributed by atoms with van der Waals surface area (Å²) >= 11 is 0. The van der Waals surface area contributed by atoms with Crippen LogP contribution in [0.3, 0.4) is 0 Å². The van der Waals surface area contributed by atoms with E-state index in [0.29, 0.717) is 5.92 Å². The lowest BCUT2D eigenvalue weighted by molar-refractivity contribution is 0.466. The Balaban J connectivity index is 1.63. The monoisotopic (exact) mass is 348 g/mol. The van der Waals surface area contributed by atoms with E-state index in [1.54, 1.807) is 0 Å². The Kier molecular flexibility index (Phi) is 3.56. The van der Waals surface area contributed by atoms with E-state index in [9.17, 15) is 0 Å². The number of rotatable bonds is 3. The second kappa shape index (κ2) is 5.83. The fourth-order valence-corrected chi connectivity index (χ4v) is 4.49. The fourth-order valence-electron chi connectivity index (χ4n) is 4.49. The van der Waals surface area contributed by atoms with E-state index in [0.717, 1.165) is 61.6 Å². The molecule has 3 heterocycles. The Hall–Kier alpha value is -2.36. The Bertz CT molecular complexity index is 1020. The second-order valence-corrected chi connectivity index (χ2v) is 8.03. The summed E-state index contributed by atoms with van der Waals surface area (Å²) in [5.74, 6) is 2.45. The minimum atomic E-state index is 0.658. The average Bonchev–Trinajstić information content (AvgIpc) is 3.19. The number of fused-ring (bicyclic) bond motifs is 4. The molecule has 4 heteroatoms. The highest BCUT2D eigenvalue weighted by Crippen LogP contribution is 2.41. The number of likely N-dealkylation sites (N-methyl/N-ethyl adjacent to an activating group) is 1.